The van der Waals surface area contributed by atoms with Gasteiger partial charge in [0.2, 0.25) is 0 Å². The Morgan fingerprint density at radius 2 is 2.00 bits per heavy atom. The zero-order valence-corrected chi connectivity index (χ0v) is 14.1. The van der Waals surface area contributed by atoms with Gasteiger partial charge in [0.15, 0.2) is 0 Å². The molecule has 1 unspecified atom stereocenters. The lowest BCUT2D eigenvalue weighted by Gasteiger charge is -2.34. The van der Waals surface area contributed by atoms with E-state index < -0.39 is 0 Å². The molecule has 3 rings (SSSR count). The Bertz CT molecular complexity index is 687. The van der Waals surface area contributed by atoms with Crippen LogP contribution in [0.25, 0.3) is 0 Å². The summed E-state index contributed by atoms with van der Waals surface area (Å²) in [7, 11) is 0. The SMILES string of the molecule is CCc1ccc(C2CN(C(=O)c3cc(C)[nH]c3C)CCN2)cc1. The summed E-state index contributed by atoms with van der Waals surface area (Å²) in [6.45, 7) is 8.41. The van der Waals surface area contributed by atoms with Crippen LogP contribution in [0.5, 0.6) is 0 Å². The Kier molecular flexibility index (Phi) is 4.53. The van der Waals surface area contributed by atoms with E-state index in [2.05, 4.69) is 41.5 Å². The summed E-state index contributed by atoms with van der Waals surface area (Å²) >= 11 is 0. The average molecular weight is 311 g/mol. The molecule has 2 heterocycles. The minimum atomic E-state index is 0.128. The van der Waals surface area contributed by atoms with E-state index in [1.165, 1.54) is 11.1 Å². The van der Waals surface area contributed by atoms with Gasteiger partial charge in [-0.2, -0.15) is 0 Å². The van der Waals surface area contributed by atoms with Gasteiger partial charge in [-0.25, -0.2) is 0 Å². The van der Waals surface area contributed by atoms with Crippen LogP contribution in [0.2, 0.25) is 0 Å². The summed E-state index contributed by atoms with van der Waals surface area (Å²) in [6.07, 6.45) is 1.05. The minimum absolute atomic E-state index is 0.128. The van der Waals surface area contributed by atoms with Crippen molar-refractivity contribution in [1.82, 2.24) is 15.2 Å². The van der Waals surface area contributed by atoms with E-state index in [0.717, 1.165) is 36.5 Å². The number of aromatic amines is 1. The fourth-order valence-electron chi connectivity index (χ4n) is 3.26. The van der Waals surface area contributed by atoms with Crippen molar-refractivity contribution >= 4 is 5.91 Å². The summed E-state index contributed by atoms with van der Waals surface area (Å²) < 4.78 is 0. The quantitative estimate of drug-likeness (QED) is 0.915. The van der Waals surface area contributed by atoms with Gasteiger partial charge < -0.3 is 15.2 Å². The fourth-order valence-corrected chi connectivity index (χ4v) is 3.26. The van der Waals surface area contributed by atoms with Crippen LogP contribution in [0, 0.1) is 13.8 Å². The molecule has 1 aromatic heterocycles. The molecule has 2 aromatic rings. The molecule has 4 heteroatoms. The second-order valence-electron chi connectivity index (χ2n) is 6.34. The maximum Gasteiger partial charge on any atom is 0.255 e. The van der Waals surface area contributed by atoms with E-state index in [9.17, 15) is 4.79 Å². The van der Waals surface area contributed by atoms with E-state index in [1.807, 2.05) is 24.8 Å². The Morgan fingerprint density at radius 1 is 1.26 bits per heavy atom. The monoisotopic (exact) mass is 311 g/mol. The predicted octanol–water partition coefficient (Wildman–Crippen LogP) is 2.98. The zero-order chi connectivity index (χ0) is 16.4. The molecule has 1 amide bonds. The smallest absolute Gasteiger partial charge is 0.255 e. The molecule has 0 spiro atoms. The number of rotatable bonds is 3. The highest BCUT2D eigenvalue weighted by Gasteiger charge is 2.26. The number of carbonyl (C=O) groups excluding carboxylic acids is 1. The second kappa shape index (κ2) is 6.59. The Labute approximate surface area is 137 Å². The Morgan fingerprint density at radius 3 is 2.61 bits per heavy atom. The third-order valence-corrected chi connectivity index (χ3v) is 4.63. The first-order valence-corrected chi connectivity index (χ1v) is 8.36. The van der Waals surface area contributed by atoms with Crippen LogP contribution in [0.1, 0.15) is 45.8 Å². The molecule has 1 atom stereocenters. The van der Waals surface area contributed by atoms with E-state index in [4.69, 9.17) is 0 Å². The van der Waals surface area contributed by atoms with Gasteiger partial charge in [-0.05, 0) is 37.5 Å². The topological polar surface area (TPSA) is 48.1 Å². The van der Waals surface area contributed by atoms with E-state index >= 15 is 0 Å². The summed E-state index contributed by atoms with van der Waals surface area (Å²) in [5.74, 6) is 0.128. The van der Waals surface area contributed by atoms with Crippen molar-refractivity contribution in [1.29, 1.82) is 0 Å². The highest BCUT2D eigenvalue weighted by Crippen LogP contribution is 2.21. The summed E-state index contributed by atoms with van der Waals surface area (Å²) in [6, 6.07) is 10.9. The molecule has 23 heavy (non-hydrogen) atoms. The molecule has 1 aromatic carbocycles. The molecule has 2 N–H and O–H groups in total. The minimum Gasteiger partial charge on any atom is -0.362 e. The van der Waals surface area contributed by atoms with Crippen molar-refractivity contribution in [2.75, 3.05) is 19.6 Å². The number of hydrogen-bond donors (Lipinski definition) is 2. The average Bonchev–Trinajstić information content (AvgIpc) is 2.93. The zero-order valence-electron chi connectivity index (χ0n) is 14.1. The van der Waals surface area contributed by atoms with Gasteiger partial charge in [-0.15, -0.1) is 0 Å². The lowest BCUT2D eigenvalue weighted by atomic mass is 10.0. The Balaban J connectivity index is 1.74. The number of carbonyl (C=O) groups is 1. The largest absolute Gasteiger partial charge is 0.362 e. The number of nitrogens with one attached hydrogen (secondary N) is 2. The first-order valence-electron chi connectivity index (χ1n) is 8.36. The van der Waals surface area contributed by atoms with Crippen LogP contribution in [0.3, 0.4) is 0 Å². The lowest BCUT2D eigenvalue weighted by Crippen LogP contribution is -2.48. The maximum atomic E-state index is 12.8. The van der Waals surface area contributed by atoms with Crippen LogP contribution < -0.4 is 5.32 Å². The fraction of sp³-hybridized carbons (Fsp3) is 0.421. The van der Waals surface area contributed by atoms with Crippen molar-refractivity contribution < 1.29 is 4.79 Å². The number of aromatic nitrogens is 1. The molecule has 1 saturated heterocycles. The number of piperazine rings is 1. The van der Waals surface area contributed by atoms with Gasteiger partial charge in [0.25, 0.3) is 5.91 Å². The van der Waals surface area contributed by atoms with Gasteiger partial charge in [-0.3, -0.25) is 4.79 Å². The molecule has 1 fully saturated rings. The first-order chi connectivity index (χ1) is 11.1. The number of amides is 1. The molecule has 0 aliphatic carbocycles. The number of benzene rings is 1. The lowest BCUT2D eigenvalue weighted by molar-refractivity contribution is 0.0702. The predicted molar refractivity (Wildman–Crippen MR) is 92.7 cm³/mol. The molecule has 1 aliphatic heterocycles. The molecular weight excluding hydrogens is 286 g/mol. The molecule has 122 valence electrons. The van der Waals surface area contributed by atoms with Crippen LogP contribution in [0.15, 0.2) is 30.3 Å². The Hall–Kier alpha value is -2.07. The van der Waals surface area contributed by atoms with Gasteiger partial charge in [0, 0.05) is 37.1 Å². The van der Waals surface area contributed by atoms with Crippen LogP contribution in [0.4, 0.5) is 0 Å². The standard InChI is InChI=1S/C19H25N3O/c1-4-15-5-7-16(8-6-15)18-12-22(10-9-20-18)19(23)17-11-13(2)21-14(17)3/h5-8,11,18,20-21H,4,9-10,12H2,1-3H3. The third-order valence-electron chi connectivity index (χ3n) is 4.63. The van der Waals surface area contributed by atoms with Gasteiger partial charge in [-0.1, -0.05) is 31.2 Å². The first kappa shape index (κ1) is 15.8. The van der Waals surface area contributed by atoms with Crippen molar-refractivity contribution in [3.05, 3.63) is 58.4 Å². The van der Waals surface area contributed by atoms with Crippen molar-refractivity contribution in [2.24, 2.45) is 0 Å². The van der Waals surface area contributed by atoms with Crippen molar-refractivity contribution in [2.45, 2.75) is 33.2 Å². The highest BCUT2D eigenvalue weighted by atomic mass is 16.2. The van der Waals surface area contributed by atoms with Gasteiger partial charge in [0.1, 0.15) is 0 Å². The van der Waals surface area contributed by atoms with Crippen LogP contribution in [-0.2, 0) is 6.42 Å². The molecule has 1 aliphatic rings. The molecule has 0 saturated carbocycles. The molecule has 0 bridgehead atoms. The van der Waals surface area contributed by atoms with Gasteiger partial charge in [0.05, 0.1) is 5.56 Å². The molecule has 4 nitrogen and oxygen atoms in total. The molecular formula is C19H25N3O. The highest BCUT2D eigenvalue weighted by molar-refractivity contribution is 5.95. The second-order valence-corrected chi connectivity index (χ2v) is 6.34. The van der Waals surface area contributed by atoms with E-state index in [-0.39, 0.29) is 11.9 Å². The van der Waals surface area contributed by atoms with E-state index in [1.54, 1.807) is 0 Å². The third kappa shape index (κ3) is 3.32. The van der Waals surface area contributed by atoms with Crippen LogP contribution in [-0.4, -0.2) is 35.4 Å². The maximum absolute atomic E-state index is 12.8. The van der Waals surface area contributed by atoms with Crippen molar-refractivity contribution in [3.8, 4) is 0 Å². The van der Waals surface area contributed by atoms with Crippen molar-refractivity contribution in [3.63, 3.8) is 0 Å². The number of aryl methyl sites for hydroxylation is 3. The summed E-state index contributed by atoms with van der Waals surface area (Å²) in [5, 5.41) is 3.53. The molecule has 0 radical (unpaired) electrons. The number of hydrogen-bond acceptors (Lipinski definition) is 2. The summed E-state index contributed by atoms with van der Waals surface area (Å²) in [5.41, 5.74) is 5.38. The summed E-state index contributed by atoms with van der Waals surface area (Å²) in [4.78, 5) is 18.0. The van der Waals surface area contributed by atoms with E-state index in [0.29, 0.717) is 6.54 Å². The number of H-pyrrole nitrogens is 1. The van der Waals surface area contributed by atoms with Crippen LogP contribution >= 0.6 is 0 Å². The number of nitrogens with zero attached hydrogens (tertiary/aromatic N) is 1. The van der Waals surface area contributed by atoms with Gasteiger partial charge >= 0.3 is 0 Å². The normalized spacial score (nSPS) is 18.2.